The van der Waals surface area contributed by atoms with E-state index in [9.17, 15) is 0 Å². The highest BCUT2D eigenvalue weighted by Gasteiger charge is 2.03. The normalized spacial score (nSPS) is 10.5. The zero-order valence-corrected chi connectivity index (χ0v) is 9.04. The van der Waals surface area contributed by atoms with Crippen LogP contribution in [0, 0.1) is 11.3 Å². The van der Waals surface area contributed by atoms with E-state index in [1.807, 2.05) is 24.3 Å². The van der Waals surface area contributed by atoms with Crippen LogP contribution in [0.5, 0.6) is 5.75 Å². The molecule has 1 rings (SSSR count). The third-order valence-electron chi connectivity index (χ3n) is 1.82. The summed E-state index contributed by atoms with van der Waals surface area (Å²) in [5.74, 6) is 0.682. The minimum atomic E-state index is 0.0865. The van der Waals surface area contributed by atoms with E-state index >= 15 is 0 Å². The van der Waals surface area contributed by atoms with Crippen molar-refractivity contribution in [2.45, 2.75) is 0 Å². The molecule has 0 spiro atoms. The van der Waals surface area contributed by atoms with Crippen LogP contribution in [-0.4, -0.2) is 12.1 Å². The lowest BCUT2D eigenvalue weighted by molar-refractivity contribution is 0.414. The maximum atomic E-state index is 8.79. The number of hydrogen-bond acceptors (Lipinski definition) is 3. The molecule has 15 heavy (non-hydrogen) atoms. The van der Waals surface area contributed by atoms with Crippen molar-refractivity contribution in [1.29, 1.82) is 5.26 Å². The summed E-state index contributed by atoms with van der Waals surface area (Å²) in [5, 5.41) is 8.79. The van der Waals surface area contributed by atoms with Crippen LogP contribution < -0.4 is 10.5 Å². The maximum Gasteiger partial charge on any atom is 0.126 e. The van der Waals surface area contributed by atoms with E-state index in [1.54, 1.807) is 19.3 Å². The highest BCUT2D eigenvalue weighted by molar-refractivity contribution is 7.80. The summed E-state index contributed by atoms with van der Waals surface area (Å²) in [7, 11) is 1.57. The van der Waals surface area contributed by atoms with E-state index in [-0.39, 0.29) is 10.6 Å². The standard InChI is InChI=1S/C11H10N2OS/c1-14-10-5-3-2-4-8(10)6-9(7-12)11(13)15/h2-6H,1H3,(H2,13,15)/b9-6+. The Morgan fingerprint density at radius 2 is 2.20 bits per heavy atom. The molecule has 0 saturated heterocycles. The number of benzene rings is 1. The first-order valence-electron chi connectivity index (χ1n) is 4.23. The average molecular weight is 218 g/mol. The minimum Gasteiger partial charge on any atom is -0.496 e. The number of ether oxygens (including phenoxy) is 1. The predicted molar refractivity (Wildman–Crippen MR) is 63.4 cm³/mol. The van der Waals surface area contributed by atoms with Crippen LogP contribution in [0.4, 0.5) is 0 Å². The van der Waals surface area contributed by atoms with Gasteiger partial charge in [-0.1, -0.05) is 30.4 Å². The molecule has 0 heterocycles. The van der Waals surface area contributed by atoms with Gasteiger partial charge in [0, 0.05) is 5.56 Å². The summed E-state index contributed by atoms with van der Waals surface area (Å²) < 4.78 is 5.13. The lowest BCUT2D eigenvalue weighted by atomic mass is 10.1. The SMILES string of the molecule is COc1ccccc1/C=C(\C#N)C(N)=S. The van der Waals surface area contributed by atoms with E-state index in [2.05, 4.69) is 0 Å². The van der Waals surface area contributed by atoms with Gasteiger partial charge in [-0.15, -0.1) is 0 Å². The van der Waals surface area contributed by atoms with E-state index in [4.69, 9.17) is 28.0 Å². The van der Waals surface area contributed by atoms with E-state index in [1.165, 1.54) is 0 Å². The Bertz CT molecular complexity index is 446. The van der Waals surface area contributed by atoms with Crippen molar-refractivity contribution in [3.63, 3.8) is 0 Å². The van der Waals surface area contributed by atoms with Gasteiger partial charge < -0.3 is 10.5 Å². The van der Waals surface area contributed by atoms with Gasteiger partial charge in [0.25, 0.3) is 0 Å². The fourth-order valence-corrected chi connectivity index (χ4v) is 1.20. The zero-order valence-electron chi connectivity index (χ0n) is 8.23. The lowest BCUT2D eigenvalue weighted by Crippen LogP contribution is -2.09. The van der Waals surface area contributed by atoms with Crippen molar-refractivity contribution >= 4 is 23.3 Å². The van der Waals surface area contributed by atoms with Gasteiger partial charge in [0.15, 0.2) is 0 Å². The minimum absolute atomic E-state index is 0.0865. The van der Waals surface area contributed by atoms with Gasteiger partial charge in [-0.25, -0.2) is 0 Å². The average Bonchev–Trinajstić information content (AvgIpc) is 2.25. The Labute approximate surface area is 93.8 Å². The molecule has 0 aliphatic heterocycles. The molecule has 0 aliphatic carbocycles. The maximum absolute atomic E-state index is 8.79. The largest absolute Gasteiger partial charge is 0.496 e. The summed E-state index contributed by atoms with van der Waals surface area (Å²) in [6, 6.07) is 9.27. The first kappa shape index (κ1) is 11.2. The summed E-state index contributed by atoms with van der Waals surface area (Å²) in [4.78, 5) is 0.0865. The smallest absolute Gasteiger partial charge is 0.126 e. The first-order chi connectivity index (χ1) is 7.19. The number of nitrogens with zero attached hydrogens (tertiary/aromatic N) is 1. The highest BCUT2D eigenvalue weighted by Crippen LogP contribution is 2.20. The molecule has 3 nitrogen and oxygen atoms in total. The van der Waals surface area contributed by atoms with Crippen LogP contribution in [0.1, 0.15) is 5.56 Å². The topological polar surface area (TPSA) is 59.0 Å². The van der Waals surface area contributed by atoms with Crippen molar-refractivity contribution in [3.05, 3.63) is 35.4 Å². The fourth-order valence-electron chi connectivity index (χ4n) is 1.10. The van der Waals surface area contributed by atoms with E-state index in [0.29, 0.717) is 5.75 Å². The quantitative estimate of drug-likeness (QED) is 0.478. The van der Waals surface area contributed by atoms with Crippen LogP contribution >= 0.6 is 12.2 Å². The first-order valence-corrected chi connectivity index (χ1v) is 4.64. The van der Waals surface area contributed by atoms with Crippen molar-refractivity contribution in [2.24, 2.45) is 5.73 Å². The van der Waals surface area contributed by atoms with Gasteiger partial charge in [-0.05, 0) is 12.1 Å². The van der Waals surface area contributed by atoms with Crippen LogP contribution in [0.2, 0.25) is 0 Å². The molecular formula is C11H10N2OS. The van der Waals surface area contributed by atoms with Crippen molar-refractivity contribution < 1.29 is 4.74 Å². The molecule has 0 unspecified atom stereocenters. The Balaban J connectivity index is 3.18. The van der Waals surface area contributed by atoms with E-state index < -0.39 is 0 Å². The molecule has 2 N–H and O–H groups in total. The third kappa shape index (κ3) is 2.79. The number of rotatable bonds is 3. The Kier molecular flexibility index (Phi) is 3.83. The van der Waals surface area contributed by atoms with Gasteiger partial charge in [0.05, 0.1) is 12.7 Å². The second-order valence-electron chi connectivity index (χ2n) is 2.78. The van der Waals surface area contributed by atoms with Crippen LogP contribution in [-0.2, 0) is 0 Å². The van der Waals surface area contributed by atoms with Gasteiger partial charge in [-0.2, -0.15) is 5.26 Å². The number of nitrogens with two attached hydrogens (primary N) is 1. The molecule has 0 amide bonds. The van der Waals surface area contributed by atoms with Crippen molar-refractivity contribution in [1.82, 2.24) is 0 Å². The molecule has 0 atom stereocenters. The molecule has 0 radical (unpaired) electrons. The number of methoxy groups -OCH3 is 1. The predicted octanol–water partition coefficient (Wildman–Crippen LogP) is 1.89. The molecule has 0 fully saturated rings. The van der Waals surface area contributed by atoms with Gasteiger partial charge in [-0.3, -0.25) is 0 Å². The summed E-state index contributed by atoms with van der Waals surface area (Å²) in [6.45, 7) is 0. The number of thiocarbonyl (C=S) groups is 1. The molecule has 1 aromatic rings. The monoisotopic (exact) mass is 218 g/mol. The molecule has 4 heteroatoms. The molecule has 1 aromatic carbocycles. The second kappa shape index (κ2) is 5.13. The second-order valence-corrected chi connectivity index (χ2v) is 3.22. The zero-order chi connectivity index (χ0) is 11.3. The fraction of sp³-hybridized carbons (Fsp3) is 0.0909. The summed E-state index contributed by atoms with van der Waals surface area (Å²) in [5.41, 5.74) is 6.44. The highest BCUT2D eigenvalue weighted by atomic mass is 32.1. The Morgan fingerprint density at radius 3 is 2.73 bits per heavy atom. The van der Waals surface area contributed by atoms with Crippen LogP contribution in [0.3, 0.4) is 0 Å². The summed E-state index contributed by atoms with van der Waals surface area (Å²) >= 11 is 4.74. The van der Waals surface area contributed by atoms with Crippen LogP contribution in [0.25, 0.3) is 6.08 Å². The van der Waals surface area contributed by atoms with Crippen molar-refractivity contribution in [3.8, 4) is 11.8 Å². The Hall–Kier alpha value is -1.86. The summed E-state index contributed by atoms with van der Waals surface area (Å²) in [6.07, 6.45) is 1.61. The van der Waals surface area contributed by atoms with Gasteiger partial charge in [0.2, 0.25) is 0 Å². The van der Waals surface area contributed by atoms with Crippen molar-refractivity contribution in [2.75, 3.05) is 7.11 Å². The number of nitriles is 1. The van der Waals surface area contributed by atoms with Gasteiger partial charge in [0.1, 0.15) is 16.8 Å². The lowest BCUT2D eigenvalue weighted by Gasteiger charge is -2.04. The molecule has 0 saturated carbocycles. The Morgan fingerprint density at radius 1 is 1.53 bits per heavy atom. The third-order valence-corrected chi connectivity index (χ3v) is 2.04. The van der Waals surface area contributed by atoms with Crippen LogP contribution in [0.15, 0.2) is 29.8 Å². The molecule has 0 aromatic heterocycles. The van der Waals surface area contributed by atoms with Gasteiger partial charge >= 0.3 is 0 Å². The van der Waals surface area contributed by atoms with E-state index in [0.717, 1.165) is 5.56 Å². The molecular weight excluding hydrogens is 208 g/mol. The number of hydrogen-bond donors (Lipinski definition) is 1. The number of para-hydroxylation sites is 1. The molecule has 76 valence electrons. The molecule has 0 aliphatic rings. The molecule has 0 bridgehead atoms.